The molecule has 0 amide bonds. The average molecular weight is 294 g/mol. The first-order valence-corrected chi connectivity index (χ1v) is 5.93. The minimum atomic E-state index is -4.62. The van der Waals surface area contributed by atoms with E-state index in [-0.39, 0.29) is 5.78 Å². The Kier molecular flexibility index (Phi) is 2.96. The van der Waals surface area contributed by atoms with Crippen LogP contribution in [0.3, 0.4) is 0 Å². The largest absolute Gasteiger partial charge is 0.453 e. The molecule has 3 aromatic rings. The fourth-order valence-electron chi connectivity index (χ4n) is 1.76. The SMILES string of the molecule is Cc1cc(Nc2ccccn2)n2nc(C(F)(F)F)nc2n1. The number of nitrogens with zero attached hydrogens (tertiary/aromatic N) is 5. The minimum absolute atomic E-state index is 0.124. The topological polar surface area (TPSA) is 68.0 Å². The van der Waals surface area contributed by atoms with E-state index in [0.717, 1.165) is 4.52 Å². The highest BCUT2D eigenvalue weighted by Crippen LogP contribution is 2.27. The number of pyridine rings is 1. The number of aryl methyl sites for hydroxylation is 1. The number of hydrogen-bond donors (Lipinski definition) is 1. The Morgan fingerprint density at radius 2 is 2.00 bits per heavy atom. The lowest BCUT2D eigenvalue weighted by atomic mass is 10.4. The third-order valence-electron chi connectivity index (χ3n) is 2.61. The number of halogens is 3. The van der Waals surface area contributed by atoms with Crippen molar-refractivity contribution in [2.75, 3.05) is 5.32 Å². The summed E-state index contributed by atoms with van der Waals surface area (Å²) in [6, 6.07) is 6.73. The molecule has 108 valence electrons. The Labute approximate surface area is 116 Å². The van der Waals surface area contributed by atoms with Crippen molar-refractivity contribution in [2.45, 2.75) is 13.1 Å². The van der Waals surface area contributed by atoms with Gasteiger partial charge in [0.05, 0.1) is 0 Å². The van der Waals surface area contributed by atoms with Gasteiger partial charge in [0.15, 0.2) is 0 Å². The van der Waals surface area contributed by atoms with Gasteiger partial charge in [0, 0.05) is 18.0 Å². The molecule has 0 radical (unpaired) electrons. The van der Waals surface area contributed by atoms with Crippen LogP contribution in [0.25, 0.3) is 5.78 Å². The minimum Gasteiger partial charge on any atom is -0.325 e. The molecule has 3 heterocycles. The molecular formula is C12H9F3N6. The fourth-order valence-corrected chi connectivity index (χ4v) is 1.76. The molecule has 0 atom stereocenters. The summed E-state index contributed by atoms with van der Waals surface area (Å²) in [6.07, 6.45) is -3.06. The summed E-state index contributed by atoms with van der Waals surface area (Å²) < 4.78 is 39.1. The van der Waals surface area contributed by atoms with E-state index < -0.39 is 12.0 Å². The second kappa shape index (κ2) is 4.69. The van der Waals surface area contributed by atoms with Crippen LogP contribution in [0.2, 0.25) is 0 Å². The van der Waals surface area contributed by atoms with Gasteiger partial charge in [0.25, 0.3) is 11.6 Å². The maximum Gasteiger partial charge on any atom is 0.453 e. The normalized spacial score (nSPS) is 11.8. The van der Waals surface area contributed by atoms with E-state index in [0.29, 0.717) is 17.3 Å². The monoisotopic (exact) mass is 294 g/mol. The van der Waals surface area contributed by atoms with Gasteiger partial charge in [0.2, 0.25) is 0 Å². The van der Waals surface area contributed by atoms with E-state index in [1.54, 1.807) is 37.4 Å². The van der Waals surface area contributed by atoms with Crippen molar-refractivity contribution in [1.29, 1.82) is 0 Å². The highest BCUT2D eigenvalue weighted by molar-refractivity contribution is 5.55. The van der Waals surface area contributed by atoms with E-state index in [2.05, 4.69) is 25.4 Å². The van der Waals surface area contributed by atoms with Crippen LogP contribution >= 0.6 is 0 Å². The van der Waals surface area contributed by atoms with Gasteiger partial charge in [-0.2, -0.15) is 22.7 Å². The summed E-state index contributed by atoms with van der Waals surface area (Å²) in [4.78, 5) is 11.4. The third-order valence-corrected chi connectivity index (χ3v) is 2.61. The van der Waals surface area contributed by atoms with Crippen LogP contribution in [0.1, 0.15) is 11.5 Å². The molecule has 0 fully saturated rings. The summed E-state index contributed by atoms with van der Waals surface area (Å²) in [5, 5.41) is 6.34. The smallest absolute Gasteiger partial charge is 0.325 e. The number of hydrogen-bond acceptors (Lipinski definition) is 5. The molecule has 9 heteroatoms. The molecule has 0 aliphatic rings. The lowest BCUT2D eigenvalue weighted by Crippen LogP contribution is -2.08. The summed E-state index contributed by atoms with van der Waals surface area (Å²) in [6.45, 7) is 1.66. The highest BCUT2D eigenvalue weighted by atomic mass is 19.4. The molecule has 0 bridgehead atoms. The molecule has 21 heavy (non-hydrogen) atoms. The third kappa shape index (κ3) is 2.62. The van der Waals surface area contributed by atoms with E-state index in [4.69, 9.17) is 0 Å². The maximum absolute atomic E-state index is 12.7. The van der Waals surface area contributed by atoms with Gasteiger partial charge >= 0.3 is 6.18 Å². The van der Waals surface area contributed by atoms with Crippen molar-refractivity contribution in [3.8, 4) is 0 Å². The summed E-state index contributed by atoms with van der Waals surface area (Å²) >= 11 is 0. The van der Waals surface area contributed by atoms with Gasteiger partial charge in [-0.1, -0.05) is 6.07 Å². The van der Waals surface area contributed by atoms with Crippen molar-refractivity contribution in [1.82, 2.24) is 24.6 Å². The molecular weight excluding hydrogens is 285 g/mol. The van der Waals surface area contributed by atoms with Crippen LogP contribution in [0, 0.1) is 6.92 Å². The second-order valence-electron chi connectivity index (χ2n) is 4.27. The van der Waals surface area contributed by atoms with E-state index >= 15 is 0 Å². The first kappa shape index (κ1) is 13.3. The van der Waals surface area contributed by atoms with Gasteiger partial charge in [-0.25, -0.2) is 9.97 Å². The number of rotatable bonds is 2. The molecule has 0 aliphatic heterocycles. The van der Waals surface area contributed by atoms with Crippen LogP contribution in [-0.4, -0.2) is 24.6 Å². The Hall–Kier alpha value is -2.71. The van der Waals surface area contributed by atoms with Crippen LogP contribution in [0.5, 0.6) is 0 Å². The van der Waals surface area contributed by atoms with Crippen LogP contribution < -0.4 is 5.32 Å². The lowest BCUT2D eigenvalue weighted by molar-refractivity contribution is -0.144. The Balaban J connectivity index is 2.11. The Morgan fingerprint density at radius 1 is 1.19 bits per heavy atom. The van der Waals surface area contributed by atoms with Gasteiger partial charge in [0.1, 0.15) is 11.6 Å². The molecule has 0 saturated carbocycles. The van der Waals surface area contributed by atoms with Gasteiger partial charge < -0.3 is 5.32 Å². The van der Waals surface area contributed by atoms with Gasteiger partial charge in [-0.05, 0) is 19.1 Å². The lowest BCUT2D eigenvalue weighted by Gasteiger charge is -2.07. The highest BCUT2D eigenvalue weighted by Gasteiger charge is 2.36. The molecule has 0 aliphatic carbocycles. The molecule has 0 unspecified atom stereocenters. The molecule has 0 spiro atoms. The van der Waals surface area contributed by atoms with Gasteiger partial charge in [-0.15, -0.1) is 5.10 Å². The molecule has 0 saturated heterocycles. The Morgan fingerprint density at radius 3 is 2.67 bits per heavy atom. The summed E-state index contributed by atoms with van der Waals surface area (Å²) in [5.74, 6) is -0.571. The number of nitrogens with one attached hydrogen (secondary N) is 1. The van der Waals surface area contributed by atoms with Crippen molar-refractivity contribution in [3.63, 3.8) is 0 Å². The number of fused-ring (bicyclic) bond motifs is 1. The number of aromatic nitrogens is 5. The molecule has 3 rings (SSSR count). The first-order chi connectivity index (χ1) is 9.93. The molecule has 1 N–H and O–H groups in total. The average Bonchev–Trinajstić information content (AvgIpc) is 2.84. The van der Waals surface area contributed by atoms with Crippen molar-refractivity contribution < 1.29 is 13.2 Å². The standard InChI is InChI=1S/C12H9F3N6/c1-7-6-9(18-8-4-2-3-5-16-8)21-11(17-7)19-10(20-21)12(13,14)15/h2-6H,1H3,(H,16,18). The van der Waals surface area contributed by atoms with E-state index in [1.165, 1.54) is 0 Å². The van der Waals surface area contributed by atoms with Crippen molar-refractivity contribution >= 4 is 17.4 Å². The van der Waals surface area contributed by atoms with Crippen molar-refractivity contribution in [3.05, 3.63) is 42.0 Å². The number of anilines is 2. The fraction of sp³-hybridized carbons (Fsp3) is 0.167. The molecule has 6 nitrogen and oxygen atoms in total. The summed E-state index contributed by atoms with van der Waals surface area (Å²) in [7, 11) is 0. The zero-order valence-electron chi connectivity index (χ0n) is 10.8. The van der Waals surface area contributed by atoms with E-state index in [9.17, 15) is 13.2 Å². The van der Waals surface area contributed by atoms with Crippen molar-refractivity contribution in [2.24, 2.45) is 0 Å². The van der Waals surface area contributed by atoms with Crippen LogP contribution in [0.15, 0.2) is 30.5 Å². The Bertz CT molecular complexity index is 781. The quantitative estimate of drug-likeness (QED) is 0.786. The number of alkyl halides is 3. The van der Waals surface area contributed by atoms with Crippen LogP contribution in [0.4, 0.5) is 24.8 Å². The zero-order chi connectivity index (χ0) is 15.0. The van der Waals surface area contributed by atoms with Gasteiger partial charge in [-0.3, -0.25) is 0 Å². The zero-order valence-corrected chi connectivity index (χ0v) is 10.8. The predicted molar refractivity (Wildman–Crippen MR) is 68.0 cm³/mol. The first-order valence-electron chi connectivity index (χ1n) is 5.93. The molecule has 3 aromatic heterocycles. The maximum atomic E-state index is 12.7. The second-order valence-corrected chi connectivity index (χ2v) is 4.27. The summed E-state index contributed by atoms with van der Waals surface area (Å²) in [5.41, 5.74) is 0.516. The molecule has 0 aromatic carbocycles. The van der Waals surface area contributed by atoms with Crippen LogP contribution in [-0.2, 0) is 6.18 Å². The predicted octanol–water partition coefficient (Wildman–Crippen LogP) is 2.59. The van der Waals surface area contributed by atoms with E-state index in [1.807, 2.05) is 0 Å².